The maximum atomic E-state index is 12.5. The van der Waals surface area contributed by atoms with E-state index in [0.29, 0.717) is 18.7 Å². The Morgan fingerprint density at radius 3 is 2.57 bits per heavy atom. The molecule has 0 bridgehead atoms. The molecule has 148 valence electrons. The molecule has 8 heteroatoms. The molecule has 0 fully saturated rings. The Bertz CT molecular complexity index is 973. The van der Waals surface area contributed by atoms with Gasteiger partial charge in [-0.1, -0.05) is 12.1 Å². The lowest BCUT2D eigenvalue weighted by Crippen LogP contribution is -2.25. The van der Waals surface area contributed by atoms with Crippen LogP contribution in [0.15, 0.2) is 39.4 Å². The van der Waals surface area contributed by atoms with Gasteiger partial charge in [-0.15, -0.1) is 0 Å². The van der Waals surface area contributed by atoms with Crippen molar-refractivity contribution >= 4 is 37.8 Å². The van der Waals surface area contributed by atoms with Crippen LogP contribution in [0.4, 0.5) is 0 Å². The SMILES string of the molecule is Cc1nn(CCCNC(=O)c2cccc(Cn3nc(C)c(Br)c3C)c2)cc1Br. The van der Waals surface area contributed by atoms with Gasteiger partial charge in [0.2, 0.25) is 0 Å². The van der Waals surface area contributed by atoms with Gasteiger partial charge in [-0.05, 0) is 76.7 Å². The highest BCUT2D eigenvalue weighted by Crippen LogP contribution is 2.21. The lowest BCUT2D eigenvalue weighted by molar-refractivity contribution is 0.0952. The van der Waals surface area contributed by atoms with Crippen molar-refractivity contribution in [1.29, 1.82) is 0 Å². The molecule has 0 aliphatic carbocycles. The van der Waals surface area contributed by atoms with Gasteiger partial charge in [0.25, 0.3) is 5.91 Å². The van der Waals surface area contributed by atoms with E-state index in [-0.39, 0.29) is 5.91 Å². The summed E-state index contributed by atoms with van der Waals surface area (Å²) in [7, 11) is 0. The van der Waals surface area contributed by atoms with E-state index in [9.17, 15) is 4.79 Å². The number of hydrogen-bond acceptors (Lipinski definition) is 3. The average molecular weight is 509 g/mol. The number of aryl methyl sites for hydroxylation is 3. The minimum atomic E-state index is -0.0609. The molecule has 0 unspecified atom stereocenters. The van der Waals surface area contributed by atoms with E-state index in [1.54, 1.807) is 0 Å². The summed E-state index contributed by atoms with van der Waals surface area (Å²) < 4.78 is 5.86. The number of amides is 1. The third kappa shape index (κ3) is 4.91. The van der Waals surface area contributed by atoms with Crippen molar-refractivity contribution in [3.05, 3.63) is 67.6 Å². The molecular weight excluding hydrogens is 486 g/mol. The molecule has 0 atom stereocenters. The lowest BCUT2D eigenvalue weighted by Gasteiger charge is -2.09. The fraction of sp³-hybridized carbons (Fsp3) is 0.350. The molecule has 1 amide bonds. The minimum Gasteiger partial charge on any atom is -0.352 e. The second-order valence-corrected chi connectivity index (χ2v) is 8.43. The number of hydrogen-bond donors (Lipinski definition) is 1. The van der Waals surface area contributed by atoms with Crippen molar-refractivity contribution in [2.75, 3.05) is 6.54 Å². The van der Waals surface area contributed by atoms with Crippen LogP contribution in [-0.4, -0.2) is 32.0 Å². The fourth-order valence-electron chi connectivity index (χ4n) is 2.97. The zero-order valence-corrected chi connectivity index (χ0v) is 19.3. The first-order valence-corrected chi connectivity index (χ1v) is 10.7. The molecule has 0 spiro atoms. The summed E-state index contributed by atoms with van der Waals surface area (Å²) in [6.07, 6.45) is 2.77. The van der Waals surface area contributed by atoms with Crippen molar-refractivity contribution < 1.29 is 4.79 Å². The molecule has 6 nitrogen and oxygen atoms in total. The molecule has 0 saturated carbocycles. The largest absolute Gasteiger partial charge is 0.352 e. The monoisotopic (exact) mass is 507 g/mol. The highest BCUT2D eigenvalue weighted by atomic mass is 79.9. The fourth-order valence-corrected chi connectivity index (χ4v) is 3.57. The number of carbonyl (C=O) groups is 1. The molecule has 0 saturated heterocycles. The summed E-state index contributed by atoms with van der Waals surface area (Å²) in [6, 6.07) is 7.69. The van der Waals surface area contributed by atoms with Crippen LogP contribution < -0.4 is 5.32 Å². The third-order valence-electron chi connectivity index (χ3n) is 4.55. The van der Waals surface area contributed by atoms with Crippen molar-refractivity contribution in [2.45, 2.75) is 40.3 Å². The van der Waals surface area contributed by atoms with Crippen LogP contribution in [0.25, 0.3) is 0 Å². The van der Waals surface area contributed by atoms with Crippen molar-refractivity contribution in [3.63, 3.8) is 0 Å². The van der Waals surface area contributed by atoms with E-state index >= 15 is 0 Å². The van der Waals surface area contributed by atoms with Gasteiger partial charge in [0.1, 0.15) is 0 Å². The molecule has 3 aromatic rings. The number of benzene rings is 1. The Kier molecular flexibility index (Phi) is 6.72. The normalized spacial score (nSPS) is 11.0. The number of halogens is 2. The van der Waals surface area contributed by atoms with Crippen LogP contribution in [-0.2, 0) is 13.1 Å². The van der Waals surface area contributed by atoms with Gasteiger partial charge in [0, 0.05) is 24.8 Å². The van der Waals surface area contributed by atoms with Gasteiger partial charge in [-0.25, -0.2) is 0 Å². The summed E-state index contributed by atoms with van der Waals surface area (Å²) in [6.45, 7) is 7.96. The maximum Gasteiger partial charge on any atom is 0.251 e. The first-order chi connectivity index (χ1) is 13.3. The van der Waals surface area contributed by atoms with Gasteiger partial charge < -0.3 is 5.32 Å². The Hall–Kier alpha value is -1.93. The quantitative estimate of drug-likeness (QED) is 0.481. The Labute approximate surface area is 181 Å². The zero-order chi connectivity index (χ0) is 20.3. The highest BCUT2D eigenvalue weighted by Gasteiger charge is 2.11. The predicted octanol–water partition coefficient (Wildman–Crippen LogP) is 4.40. The first kappa shape index (κ1) is 20.8. The van der Waals surface area contributed by atoms with Crippen LogP contribution in [0, 0.1) is 20.8 Å². The van der Waals surface area contributed by atoms with Crippen molar-refractivity contribution in [2.24, 2.45) is 0 Å². The first-order valence-electron chi connectivity index (χ1n) is 9.11. The molecule has 1 N–H and O–H groups in total. The Balaban J connectivity index is 1.55. The molecule has 28 heavy (non-hydrogen) atoms. The zero-order valence-electron chi connectivity index (χ0n) is 16.2. The lowest BCUT2D eigenvalue weighted by atomic mass is 10.1. The number of rotatable bonds is 7. The highest BCUT2D eigenvalue weighted by molar-refractivity contribution is 9.10. The van der Waals surface area contributed by atoms with E-state index in [1.165, 1.54) is 0 Å². The summed E-state index contributed by atoms with van der Waals surface area (Å²) >= 11 is 7.01. The van der Waals surface area contributed by atoms with Crippen molar-refractivity contribution in [1.82, 2.24) is 24.9 Å². The smallest absolute Gasteiger partial charge is 0.251 e. The van der Waals surface area contributed by atoms with Gasteiger partial charge in [-0.3, -0.25) is 14.2 Å². The second kappa shape index (κ2) is 9.05. The molecule has 0 aliphatic heterocycles. The molecule has 0 radical (unpaired) electrons. The molecule has 0 aliphatic rings. The summed E-state index contributed by atoms with van der Waals surface area (Å²) in [5, 5.41) is 11.9. The van der Waals surface area contributed by atoms with Gasteiger partial charge in [-0.2, -0.15) is 10.2 Å². The number of nitrogens with zero attached hydrogens (tertiary/aromatic N) is 4. The standard InChI is InChI=1S/C20H23Br2N5O/c1-13-18(21)12-26(24-13)9-5-8-23-20(28)17-7-4-6-16(10-17)11-27-15(3)19(22)14(2)25-27/h4,6-7,10,12H,5,8-9,11H2,1-3H3,(H,23,28). The third-order valence-corrected chi connectivity index (χ3v) is 6.48. The van der Waals surface area contributed by atoms with Crippen molar-refractivity contribution in [3.8, 4) is 0 Å². The Morgan fingerprint density at radius 1 is 1.14 bits per heavy atom. The van der Waals surface area contributed by atoms with Crippen LogP contribution in [0.1, 0.15) is 39.4 Å². The molecule has 3 rings (SSSR count). The number of aromatic nitrogens is 4. The van der Waals surface area contributed by atoms with E-state index in [0.717, 1.165) is 44.6 Å². The number of nitrogens with one attached hydrogen (secondary N) is 1. The predicted molar refractivity (Wildman–Crippen MR) is 117 cm³/mol. The average Bonchev–Trinajstić information content (AvgIpc) is 3.12. The van der Waals surface area contributed by atoms with Crippen LogP contribution in [0.2, 0.25) is 0 Å². The summed E-state index contributed by atoms with van der Waals surface area (Å²) in [4.78, 5) is 12.5. The van der Waals surface area contributed by atoms with Gasteiger partial charge in [0.05, 0.1) is 32.6 Å². The maximum absolute atomic E-state index is 12.5. The van der Waals surface area contributed by atoms with Crippen LogP contribution in [0.5, 0.6) is 0 Å². The van der Waals surface area contributed by atoms with E-state index < -0.39 is 0 Å². The Morgan fingerprint density at radius 2 is 1.93 bits per heavy atom. The minimum absolute atomic E-state index is 0.0609. The topological polar surface area (TPSA) is 64.7 Å². The summed E-state index contributed by atoms with van der Waals surface area (Å²) in [5.74, 6) is -0.0609. The van der Waals surface area contributed by atoms with E-state index in [4.69, 9.17) is 0 Å². The van der Waals surface area contributed by atoms with E-state index in [1.807, 2.05) is 60.6 Å². The molecule has 2 heterocycles. The second-order valence-electron chi connectivity index (χ2n) is 6.78. The molecule has 1 aromatic carbocycles. The van der Waals surface area contributed by atoms with E-state index in [2.05, 4.69) is 47.4 Å². The van der Waals surface area contributed by atoms with Gasteiger partial charge in [0.15, 0.2) is 0 Å². The van der Waals surface area contributed by atoms with Crippen LogP contribution >= 0.6 is 31.9 Å². The van der Waals surface area contributed by atoms with Gasteiger partial charge >= 0.3 is 0 Å². The van der Waals surface area contributed by atoms with Crippen LogP contribution in [0.3, 0.4) is 0 Å². The summed E-state index contributed by atoms with van der Waals surface area (Å²) in [5.41, 5.74) is 4.72. The molecular formula is C20H23Br2N5O. The molecule has 2 aromatic heterocycles. The number of carbonyl (C=O) groups excluding carboxylic acids is 1.